The first-order valence-corrected chi connectivity index (χ1v) is 9.79. The number of nitrogens with zero attached hydrogens (tertiary/aromatic N) is 3. The Kier molecular flexibility index (Phi) is 4.35. The fraction of sp³-hybridized carbons (Fsp3) is 0.273. The number of amides is 1. The van der Waals surface area contributed by atoms with Crippen molar-refractivity contribution in [3.05, 3.63) is 77.3 Å². The number of aromatic nitrogens is 3. The number of rotatable bonds is 4. The molecule has 2 aromatic heterocycles. The van der Waals surface area contributed by atoms with Crippen LogP contribution >= 0.6 is 0 Å². The van der Waals surface area contributed by atoms with Crippen molar-refractivity contribution in [2.75, 3.05) is 0 Å². The van der Waals surface area contributed by atoms with Crippen LogP contribution in [0.15, 0.2) is 53.1 Å². The Hall–Kier alpha value is -3.48. The molecule has 146 valence electrons. The number of hydrogen-bond donors (Lipinski definition) is 1. The minimum atomic E-state index is -0.607. The van der Waals surface area contributed by atoms with Crippen molar-refractivity contribution in [1.29, 1.82) is 0 Å². The molecule has 1 aliphatic heterocycles. The highest BCUT2D eigenvalue weighted by Gasteiger charge is 2.33. The number of Topliss-reactive ketones (excluding diaryl/α,β-unsaturated/α-hetero) is 1. The zero-order valence-corrected chi connectivity index (χ0v) is 15.8. The highest BCUT2D eigenvalue weighted by Crippen LogP contribution is 2.32. The first-order chi connectivity index (χ1) is 14.2. The molecule has 7 heteroatoms. The molecular formula is C22H20N4O3. The molecule has 0 fully saturated rings. The number of hydrogen-bond acceptors (Lipinski definition) is 5. The van der Waals surface area contributed by atoms with E-state index in [1.165, 1.54) is 5.56 Å². The summed E-state index contributed by atoms with van der Waals surface area (Å²) >= 11 is 0. The minimum Gasteiger partial charge on any atom is -0.417 e. The third-order valence-electron chi connectivity index (χ3n) is 5.47. The monoisotopic (exact) mass is 388 g/mol. The average molecular weight is 388 g/mol. The van der Waals surface area contributed by atoms with Crippen molar-refractivity contribution >= 4 is 17.3 Å². The van der Waals surface area contributed by atoms with Crippen molar-refractivity contribution in [3.8, 4) is 0 Å². The molecule has 29 heavy (non-hydrogen) atoms. The van der Waals surface area contributed by atoms with Gasteiger partial charge in [0.2, 0.25) is 5.89 Å². The second-order valence-corrected chi connectivity index (χ2v) is 7.38. The summed E-state index contributed by atoms with van der Waals surface area (Å²) in [5.74, 6) is -0.325. The zero-order chi connectivity index (χ0) is 19.8. The molecule has 2 aliphatic rings. The van der Waals surface area contributed by atoms with Gasteiger partial charge >= 0.3 is 11.8 Å². The van der Waals surface area contributed by atoms with Crippen LogP contribution in [0.1, 0.15) is 46.2 Å². The molecule has 1 atom stereocenters. The molecule has 7 nitrogen and oxygen atoms in total. The summed E-state index contributed by atoms with van der Waals surface area (Å²) < 4.78 is 7.63. The van der Waals surface area contributed by atoms with Gasteiger partial charge in [-0.05, 0) is 36.5 Å². The van der Waals surface area contributed by atoms with Gasteiger partial charge in [0.1, 0.15) is 0 Å². The van der Waals surface area contributed by atoms with Crippen LogP contribution in [0.3, 0.4) is 0 Å². The summed E-state index contributed by atoms with van der Waals surface area (Å²) in [6.45, 7) is 0.673. The smallest absolute Gasteiger partial charge is 0.309 e. The lowest BCUT2D eigenvalue weighted by atomic mass is 9.92. The Labute approximate surface area is 167 Å². The number of benzene rings is 1. The molecule has 1 amide bonds. The molecule has 1 N–H and O–H groups in total. The van der Waals surface area contributed by atoms with Crippen molar-refractivity contribution in [1.82, 2.24) is 20.1 Å². The van der Waals surface area contributed by atoms with Gasteiger partial charge in [-0.25, -0.2) is 0 Å². The molecule has 0 saturated heterocycles. The summed E-state index contributed by atoms with van der Waals surface area (Å²) in [5, 5.41) is 10.6. The van der Waals surface area contributed by atoms with Crippen LogP contribution in [0.2, 0.25) is 0 Å². The van der Waals surface area contributed by atoms with Gasteiger partial charge in [0, 0.05) is 18.3 Å². The molecule has 5 rings (SSSR count). The van der Waals surface area contributed by atoms with Gasteiger partial charge in [-0.2, -0.15) is 0 Å². The molecule has 1 unspecified atom stereocenters. The van der Waals surface area contributed by atoms with E-state index in [1.807, 2.05) is 42.6 Å². The van der Waals surface area contributed by atoms with E-state index in [-0.39, 0.29) is 11.7 Å². The van der Waals surface area contributed by atoms with Crippen LogP contribution in [-0.2, 0) is 24.2 Å². The van der Waals surface area contributed by atoms with E-state index in [4.69, 9.17) is 4.42 Å². The number of aryl methyl sites for hydroxylation is 2. The van der Waals surface area contributed by atoms with Gasteiger partial charge < -0.3 is 14.3 Å². The Bertz CT molecular complexity index is 1110. The maximum atomic E-state index is 13.1. The van der Waals surface area contributed by atoms with E-state index >= 15 is 0 Å². The van der Waals surface area contributed by atoms with Crippen molar-refractivity contribution in [2.45, 2.75) is 38.3 Å². The predicted octanol–water partition coefficient (Wildman–Crippen LogP) is 2.56. The summed E-state index contributed by atoms with van der Waals surface area (Å²) in [6, 6.07) is 11.2. The van der Waals surface area contributed by atoms with E-state index < -0.39 is 11.9 Å². The Balaban J connectivity index is 1.31. The van der Waals surface area contributed by atoms with E-state index in [2.05, 4.69) is 26.1 Å². The summed E-state index contributed by atoms with van der Waals surface area (Å²) in [6.07, 6.45) is 6.77. The lowest BCUT2D eigenvalue weighted by Gasteiger charge is -2.17. The summed E-state index contributed by atoms with van der Waals surface area (Å²) in [5.41, 5.74) is 3.92. The SMILES string of the molecule is O=C(NC1CCn2ccc3c2C(=CCC3)C1=O)c1nnc(Cc2ccccc2)o1. The fourth-order valence-electron chi connectivity index (χ4n) is 4.05. The Morgan fingerprint density at radius 1 is 1.21 bits per heavy atom. The van der Waals surface area contributed by atoms with Crippen molar-refractivity contribution in [3.63, 3.8) is 0 Å². The molecule has 3 heterocycles. The minimum absolute atomic E-state index is 0.0548. The highest BCUT2D eigenvalue weighted by molar-refractivity contribution is 6.24. The van der Waals surface area contributed by atoms with Gasteiger partial charge in [0.25, 0.3) is 0 Å². The number of allylic oxidation sites excluding steroid dienone is 1. The van der Waals surface area contributed by atoms with E-state index in [0.717, 1.165) is 24.1 Å². The van der Waals surface area contributed by atoms with Crippen LogP contribution in [0.25, 0.3) is 5.57 Å². The summed E-state index contributed by atoms with van der Waals surface area (Å²) in [4.78, 5) is 25.7. The first kappa shape index (κ1) is 17.6. The quantitative estimate of drug-likeness (QED) is 0.742. The molecule has 1 aliphatic carbocycles. The average Bonchev–Trinajstić information content (AvgIpc) is 3.35. The Morgan fingerprint density at radius 3 is 2.93 bits per heavy atom. The van der Waals surface area contributed by atoms with Crippen molar-refractivity contribution in [2.24, 2.45) is 0 Å². The van der Waals surface area contributed by atoms with Crippen molar-refractivity contribution < 1.29 is 14.0 Å². The topological polar surface area (TPSA) is 90.0 Å². The van der Waals surface area contributed by atoms with Gasteiger partial charge in [-0.1, -0.05) is 36.4 Å². The lowest BCUT2D eigenvalue weighted by Crippen LogP contribution is -2.41. The number of carbonyl (C=O) groups is 2. The first-order valence-electron chi connectivity index (χ1n) is 9.79. The second kappa shape index (κ2) is 7.16. The maximum Gasteiger partial charge on any atom is 0.309 e. The van der Waals surface area contributed by atoms with Crippen LogP contribution in [0.4, 0.5) is 0 Å². The molecular weight excluding hydrogens is 368 g/mol. The molecule has 3 aromatic rings. The van der Waals surface area contributed by atoms with Gasteiger partial charge in [-0.15, -0.1) is 10.2 Å². The summed E-state index contributed by atoms with van der Waals surface area (Å²) in [7, 11) is 0. The fourth-order valence-corrected chi connectivity index (χ4v) is 4.05. The molecule has 0 radical (unpaired) electrons. The van der Waals surface area contributed by atoms with E-state index in [1.54, 1.807) is 0 Å². The van der Waals surface area contributed by atoms with Gasteiger partial charge in [0.15, 0.2) is 5.78 Å². The van der Waals surface area contributed by atoms with Gasteiger partial charge in [0.05, 0.1) is 18.2 Å². The van der Waals surface area contributed by atoms with Crippen LogP contribution < -0.4 is 5.32 Å². The maximum absolute atomic E-state index is 13.1. The third kappa shape index (κ3) is 3.29. The number of nitrogens with one attached hydrogen (secondary N) is 1. The number of carbonyl (C=O) groups excluding carboxylic acids is 2. The molecule has 0 spiro atoms. The standard InChI is InChI=1S/C22H20N4O3/c27-20-16-8-4-7-15-9-11-26(19(15)16)12-10-17(20)23-21(28)22-25-24-18(29-22)13-14-5-2-1-3-6-14/h1-3,5-6,8-9,11,17H,4,7,10,12-13H2,(H,23,28). The molecule has 0 saturated carbocycles. The van der Waals surface area contributed by atoms with Gasteiger partial charge in [-0.3, -0.25) is 9.59 Å². The van der Waals surface area contributed by atoms with E-state index in [0.29, 0.717) is 30.9 Å². The third-order valence-corrected chi connectivity index (χ3v) is 5.47. The molecule has 1 aromatic carbocycles. The Morgan fingerprint density at radius 2 is 2.07 bits per heavy atom. The predicted molar refractivity (Wildman–Crippen MR) is 105 cm³/mol. The normalized spacial score (nSPS) is 18.0. The van der Waals surface area contributed by atoms with Crippen LogP contribution in [0, 0.1) is 0 Å². The van der Waals surface area contributed by atoms with E-state index in [9.17, 15) is 9.59 Å². The second-order valence-electron chi connectivity index (χ2n) is 7.38. The molecule has 0 bridgehead atoms. The van der Waals surface area contributed by atoms with Crippen LogP contribution in [-0.4, -0.2) is 32.5 Å². The highest BCUT2D eigenvalue weighted by atomic mass is 16.4. The number of ketones is 1. The zero-order valence-electron chi connectivity index (χ0n) is 15.8. The lowest BCUT2D eigenvalue weighted by molar-refractivity contribution is -0.115. The largest absolute Gasteiger partial charge is 0.417 e. The van der Waals surface area contributed by atoms with Crippen LogP contribution in [0.5, 0.6) is 0 Å².